The highest BCUT2D eigenvalue weighted by Crippen LogP contribution is 2.31. The largest absolute Gasteiger partial charge is 0.468 e. The zero-order valence-corrected chi connectivity index (χ0v) is 5.61. The number of methoxy groups -OCH3 is 1. The van der Waals surface area contributed by atoms with E-state index in [1.807, 2.05) is 5.32 Å². The lowest BCUT2D eigenvalue weighted by Crippen LogP contribution is -2.23. The summed E-state index contributed by atoms with van der Waals surface area (Å²) in [6, 6.07) is -2.91. The van der Waals surface area contributed by atoms with Gasteiger partial charge in [0, 0.05) is 0 Å². The summed E-state index contributed by atoms with van der Waals surface area (Å²) < 4.78 is 39.2. The average Bonchev–Trinajstić information content (AvgIpc) is 2.62. The number of carbonyl (C=O) groups excluding carboxylic acids is 1. The van der Waals surface area contributed by atoms with Crippen molar-refractivity contribution in [1.29, 1.82) is 0 Å². The molecule has 1 fully saturated rings. The number of rotatable bonds is 1. The Hall–Kier alpha value is -0.780. The van der Waals surface area contributed by atoms with E-state index in [-0.39, 0.29) is 0 Å². The highest BCUT2D eigenvalue weighted by atomic mass is 19.4. The van der Waals surface area contributed by atoms with Crippen LogP contribution in [0.25, 0.3) is 0 Å². The Morgan fingerprint density at radius 1 is 1.55 bits per heavy atom. The molecule has 6 heteroatoms. The molecular weight excluding hydrogens is 163 g/mol. The Labute approximate surface area is 60.5 Å². The van der Waals surface area contributed by atoms with Crippen molar-refractivity contribution >= 4 is 5.97 Å². The van der Waals surface area contributed by atoms with Gasteiger partial charge in [-0.15, -0.1) is 0 Å². The molecule has 0 unspecified atom stereocenters. The molecular formula is C5H6F3NO2. The molecule has 0 aliphatic carbocycles. The van der Waals surface area contributed by atoms with E-state index < -0.39 is 24.2 Å². The van der Waals surface area contributed by atoms with E-state index in [9.17, 15) is 18.0 Å². The number of carbonyl (C=O) groups is 1. The highest BCUT2D eigenvalue weighted by molar-refractivity contribution is 5.80. The lowest BCUT2D eigenvalue weighted by molar-refractivity contribution is -0.147. The molecule has 0 aromatic rings. The van der Waals surface area contributed by atoms with Crippen LogP contribution in [-0.2, 0) is 9.53 Å². The maximum atomic E-state index is 11.7. The first kappa shape index (κ1) is 8.32. The number of alkyl halides is 3. The smallest absolute Gasteiger partial charge is 0.405 e. The normalized spacial score (nSPS) is 29.8. The van der Waals surface area contributed by atoms with Crippen molar-refractivity contribution < 1.29 is 22.7 Å². The maximum absolute atomic E-state index is 11.7. The minimum absolute atomic E-state index is 0.868. The SMILES string of the molecule is COC(=O)[C@H]1N[C@H]1C(F)(F)F. The van der Waals surface area contributed by atoms with E-state index in [2.05, 4.69) is 4.74 Å². The van der Waals surface area contributed by atoms with Crippen molar-refractivity contribution in [1.82, 2.24) is 5.32 Å². The van der Waals surface area contributed by atoms with E-state index in [1.165, 1.54) is 0 Å². The topological polar surface area (TPSA) is 48.2 Å². The van der Waals surface area contributed by atoms with Gasteiger partial charge in [0.2, 0.25) is 0 Å². The number of nitrogens with one attached hydrogen (secondary N) is 1. The molecule has 1 saturated heterocycles. The molecule has 0 amide bonds. The first-order valence-electron chi connectivity index (χ1n) is 2.87. The van der Waals surface area contributed by atoms with E-state index in [0.29, 0.717) is 0 Å². The molecule has 1 aliphatic heterocycles. The monoisotopic (exact) mass is 169 g/mol. The molecule has 3 nitrogen and oxygen atoms in total. The van der Waals surface area contributed by atoms with Crippen molar-refractivity contribution in [3.8, 4) is 0 Å². The van der Waals surface area contributed by atoms with Crippen molar-refractivity contribution in [2.75, 3.05) is 7.11 Å². The van der Waals surface area contributed by atoms with E-state index >= 15 is 0 Å². The number of halogens is 3. The number of hydrogen-bond donors (Lipinski definition) is 1. The lowest BCUT2D eigenvalue weighted by Gasteiger charge is -2.00. The molecule has 0 saturated carbocycles. The van der Waals surface area contributed by atoms with Gasteiger partial charge in [-0.25, -0.2) is 0 Å². The van der Waals surface area contributed by atoms with Crippen LogP contribution >= 0.6 is 0 Å². The van der Waals surface area contributed by atoms with Crippen LogP contribution in [0.2, 0.25) is 0 Å². The van der Waals surface area contributed by atoms with Gasteiger partial charge in [0.25, 0.3) is 0 Å². The molecule has 1 N–H and O–H groups in total. The minimum atomic E-state index is -4.35. The van der Waals surface area contributed by atoms with Crippen molar-refractivity contribution in [2.24, 2.45) is 0 Å². The van der Waals surface area contributed by atoms with Crippen LogP contribution in [0.3, 0.4) is 0 Å². The molecule has 2 atom stereocenters. The van der Waals surface area contributed by atoms with Gasteiger partial charge in [0.05, 0.1) is 7.11 Å². The van der Waals surface area contributed by atoms with Crippen LogP contribution in [-0.4, -0.2) is 31.3 Å². The van der Waals surface area contributed by atoms with Gasteiger partial charge in [0.1, 0.15) is 12.1 Å². The molecule has 1 rings (SSSR count). The minimum Gasteiger partial charge on any atom is -0.468 e. The summed E-state index contributed by atoms with van der Waals surface area (Å²) in [7, 11) is 1.05. The van der Waals surface area contributed by atoms with Crippen LogP contribution in [0.4, 0.5) is 13.2 Å². The quantitative estimate of drug-likeness (QED) is 0.446. The van der Waals surface area contributed by atoms with E-state index in [4.69, 9.17) is 0 Å². The lowest BCUT2D eigenvalue weighted by atomic mass is 10.3. The van der Waals surface area contributed by atoms with Gasteiger partial charge in [-0.3, -0.25) is 10.1 Å². The van der Waals surface area contributed by atoms with Gasteiger partial charge >= 0.3 is 12.1 Å². The fourth-order valence-corrected chi connectivity index (χ4v) is 0.752. The zero-order chi connectivity index (χ0) is 8.65. The van der Waals surface area contributed by atoms with Gasteiger partial charge < -0.3 is 4.74 Å². The second-order valence-corrected chi connectivity index (χ2v) is 2.19. The fourth-order valence-electron chi connectivity index (χ4n) is 0.752. The summed E-state index contributed by atoms with van der Waals surface area (Å²) in [6.45, 7) is 0. The summed E-state index contributed by atoms with van der Waals surface area (Å²) in [4.78, 5) is 10.4. The molecule has 64 valence electrons. The van der Waals surface area contributed by atoms with Crippen LogP contribution in [0, 0.1) is 0 Å². The van der Waals surface area contributed by atoms with E-state index in [0.717, 1.165) is 7.11 Å². The van der Waals surface area contributed by atoms with Gasteiger partial charge in [-0.2, -0.15) is 13.2 Å². The van der Waals surface area contributed by atoms with Gasteiger partial charge in [-0.05, 0) is 0 Å². The summed E-state index contributed by atoms with van der Waals surface area (Å²) in [5.41, 5.74) is 0. The molecule has 11 heavy (non-hydrogen) atoms. The Morgan fingerprint density at radius 2 is 2.09 bits per heavy atom. The number of esters is 1. The first-order valence-corrected chi connectivity index (χ1v) is 2.87. The zero-order valence-electron chi connectivity index (χ0n) is 5.61. The second kappa shape index (κ2) is 2.37. The molecule has 1 heterocycles. The number of hydrogen-bond acceptors (Lipinski definition) is 3. The van der Waals surface area contributed by atoms with Gasteiger partial charge in [0.15, 0.2) is 0 Å². The third kappa shape index (κ3) is 1.62. The van der Waals surface area contributed by atoms with Crippen molar-refractivity contribution in [2.45, 2.75) is 18.3 Å². The van der Waals surface area contributed by atoms with Crippen LogP contribution < -0.4 is 5.32 Å². The molecule has 0 aromatic carbocycles. The summed E-state index contributed by atoms with van der Waals surface area (Å²) in [5.74, 6) is -0.868. The molecule has 1 aliphatic rings. The Balaban J connectivity index is 2.44. The average molecular weight is 169 g/mol. The second-order valence-electron chi connectivity index (χ2n) is 2.19. The maximum Gasteiger partial charge on any atom is 0.405 e. The molecule has 0 aromatic heterocycles. The first-order chi connectivity index (χ1) is 4.96. The summed E-state index contributed by atoms with van der Waals surface area (Å²) >= 11 is 0. The van der Waals surface area contributed by atoms with Crippen molar-refractivity contribution in [3.05, 3.63) is 0 Å². The highest BCUT2D eigenvalue weighted by Gasteiger charge is 2.59. The van der Waals surface area contributed by atoms with Crippen molar-refractivity contribution in [3.63, 3.8) is 0 Å². The summed E-state index contributed by atoms with van der Waals surface area (Å²) in [5, 5.41) is 1.96. The molecule has 0 spiro atoms. The van der Waals surface area contributed by atoms with Crippen LogP contribution in [0.15, 0.2) is 0 Å². The third-order valence-electron chi connectivity index (χ3n) is 1.39. The summed E-state index contributed by atoms with van der Waals surface area (Å²) in [6.07, 6.45) is -4.35. The Bertz CT molecular complexity index is 179. The molecule has 0 radical (unpaired) electrons. The fraction of sp³-hybridized carbons (Fsp3) is 0.800. The van der Waals surface area contributed by atoms with Crippen LogP contribution in [0.5, 0.6) is 0 Å². The predicted octanol–water partition coefficient (Wildman–Crippen LogP) is 0.0621. The third-order valence-corrected chi connectivity index (χ3v) is 1.39. The standard InChI is InChI=1S/C5H6F3NO2/c1-11-4(10)2-3(9-2)5(6,7)8/h2-3,9H,1H3/t2-,3+/m0/s1. The van der Waals surface area contributed by atoms with Gasteiger partial charge in [-0.1, -0.05) is 0 Å². The van der Waals surface area contributed by atoms with Crippen LogP contribution in [0.1, 0.15) is 0 Å². The van der Waals surface area contributed by atoms with E-state index in [1.54, 1.807) is 0 Å². The Kier molecular flexibility index (Phi) is 1.79. The number of ether oxygens (including phenoxy) is 1. The Morgan fingerprint density at radius 3 is 2.36 bits per heavy atom. The predicted molar refractivity (Wildman–Crippen MR) is 28.8 cm³/mol. The molecule has 0 bridgehead atoms.